The molecule has 1 unspecified atom stereocenters. The van der Waals surface area contributed by atoms with Crippen LogP contribution in [0, 0.1) is 5.92 Å². The fraction of sp³-hybridized carbons (Fsp3) is 0.316. The predicted octanol–water partition coefficient (Wildman–Crippen LogP) is 5.85. The van der Waals surface area contributed by atoms with Gasteiger partial charge in [0, 0.05) is 16.0 Å². The van der Waals surface area contributed by atoms with Gasteiger partial charge in [-0.1, -0.05) is 41.9 Å². The zero-order valence-electron chi connectivity index (χ0n) is 14.6. The van der Waals surface area contributed by atoms with Gasteiger partial charge in [-0.15, -0.1) is 11.3 Å². The fourth-order valence-corrected chi connectivity index (χ4v) is 5.80. The van der Waals surface area contributed by atoms with Crippen LogP contribution >= 0.6 is 46.3 Å². The number of carbonyl (C=O) groups excluding carboxylic acids is 1. The SMILES string of the molecule is CC1CCc2c(sc3ncnc(SCC(=O)Nc4ccc(Cl)c(Cl)c4)c23)C1. The van der Waals surface area contributed by atoms with E-state index in [1.54, 1.807) is 35.9 Å². The highest BCUT2D eigenvalue weighted by molar-refractivity contribution is 8.00. The Morgan fingerprint density at radius 1 is 1.33 bits per heavy atom. The summed E-state index contributed by atoms with van der Waals surface area (Å²) in [4.78, 5) is 23.7. The lowest BCUT2D eigenvalue weighted by atomic mass is 9.89. The molecule has 0 radical (unpaired) electrons. The second-order valence-electron chi connectivity index (χ2n) is 6.68. The number of fused-ring (bicyclic) bond motifs is 3. The lowest BCUT2D eigenvalue weighted by Gasteiger charge is -2.18. The second kappa shape index (κ2) is 7.95. The quantitative estimate of drug-likeness (QED) is 0.410. The number of hydrogen-bond donors (Lipinski definition) is 1. The molecule has 2 aromatic heterocycles. The summed E-state index contributed by atoms with van der Waals surface area (Å²) in [5.41, 5.74) is 2.01. The number of anilines is 1. The van der Waals surface area contributed by atoms with Crippen molar-refractivity contribution < 1.29 is 4.79 Å². The van der Waals surface area contributed by atoms with E-state index in [2.05, 4.69) is 22.2 Å². The molecule has 4 nitrogen and oxygen atoms in total. The van der Waals surface area contributed by atoms with E-state index in [0.29, 0.717) is 21.7 Å². The number of aromatic nitrogens is 2. The van der Waals surface area contributed by atoms with Crippen LogP contribution in [0.4, 0.5) is 5.69 Å². The highest BCUT2D eigenvalue weighted by Crippen LogP contribution is 2.40. The maximum Gasteiger partial charge on any atom is 0.234 e. The molecule has 1 atom stereocenters. The summed E-state index contributed by atoms with van der Waals surface area (Å²) in [6, 6.07) is 5.04. The van der Waals surface area contributed by atoms with Gasteiger partial charge in [0.25, 0.3) is 0 Å². The Bertz CT molecular complexity index is 1020. The number of thiophene rings is 1. The highest BCUT2D eigenvalue weighted by atomic mass is 35.5. The summed E-state index contributed by atoms with van der Waals surface area (Å²) < 4.78 is 0. The van der Waals surface area contributed by atoms with Crippen LogP contribution in [0.1, 0.15) is 23.8 Å². The maximum absolute atomic E-state index is 12.3. The summed E-state index contributed by atoms with van der Waals surface area (Å²) in [7, 11) is 0. The van der Waals surface area contributed by atoms with E-state index in [1.807, 2.05) is 0 Å². The molecule has 8 heteroatoms. The van der Waals surface area contributed by atoms with Gasteiger partial charge in [-0.2, -0.15) is 0 Å². The molecule has 2 heterocycles. The van der Waals surface area contributed by atoms with Crippen molar-refractivity contribution in [2.75, 3.05) is 11.1 Å². The number of thioether (sulfide) groups is 1. The molecule has 0 saturated heterocycles. The normalized spacial score (nSPS) is 16.3. The number of benzene rings is 1. The Kier molecular flexibility index (Phi) is 5.60. The van der Waals surface area contributed by atoms with Gasteiger partial charge in [-0.05, 0) is 48.9 Å². The standard InChI is InChI=1S/C19H17Cl2N3OS2/c1-10-2-4-12-15(6-10)27-19-17(12)18(22-9-23-19)26-8-16(25)24-11-3-5-13(20)14(21)7-11/h3,5,7,9-10H,2,4,6,8H2,1H3,(H,24,25). The summed E-state index contributed by atoms with van der Waals surface area (Å²) in [5, 5.41) is 5.75. The number of hydrogen-bond acceptors (Lipinski definition) is 5. The lowest BCUT2D eigenvalue weighted by Crippen LogP contribution is -2.14. The van der Waals surface area contributed by atoms with Crippen LogP contribution in [0.3, 0.4) is 0 Å². The average molecular weight is 438 g/mol. The van der Waals surface area contributed by atoms with Crippen molar-refractivity contribution in [1.29, 1.82) is 0 Å². The van der Waals surface area contributed by atoms with Gasteiger partial charge >= 0.3 is 0 Å². The highest BCUT2D eigenvalue weighted by Gasteiger charge is 2.23. The molecule has 0 saturated carbocycles. The van der Waals surface area contributed by atoms with Crippen LogP contribution in [-0.4, -0.2) is 21.6 Å². The van der Waals surface area contributed by atoms with Gasteiger partial charge < -0.3 is 5.32 Å². The largest absolute Gasteiger partial charge is 0.325 e. The Morgan fingerprint density at radius 2 is 2.19 bits per heavy atom. The van der Waals surface area contributed by atoms with Gasteiger partial charge in [0.2, 0.25) is 5.91 Å². The smallest absolute Gasteiger partial charge is 0.234 e. The van der Waals surface area contributed by atoms with Crippen LogP contribution in [0.2, 0.25) is 10.0 Å². The van der Waals surface area contributed by atoms with Gasteiger partial charge in [-0.25, -0.2) is 9.97 Å². The Balaban J connectivity index is 1.50. The maximum atomic E-state index is 12.3. The Labute approximate surface area is 175 Å². The van der Waals surface area contributed by atoms with Gasteiger partial charge in [0.05, 0.1) is 15.8 Å². The van der Waals surface area contributed by atoms with E-state index >= 15 is 0 Å². The van der Waals surface area contributed by atoms with Crippen LogP contribution in [0.25, 0.3) is 10.2 Å². The summed E-state index contributed by atoms with van der Waals surface area (Å²) in [6.07, 6.45) is 4.95. The number of aryl methyl sites for hydroxylation is 1. The first kappa shape index (κ1) is 19.0. The van der Waals surface area contributed by atoms with E-state index in [4.69, 9.17) is 23.2 Å². The molecule has 1 amide bonds. The van der Waals surface area contributed by atoms with E-state index in [0.717, 1.165) is 28.1 Å². The molecule has 1 N–H and O–H groups in total. The molecule has 0 spiro atoms. The summed E-state index contributed by atoms with van der Waals surface area (Å²) >= 11 is 15.1. The average Bonchev–Trinajstić information content (AvgIpc) is 3.01. The Hall–Kier alpha value is -1.34. The topological polar surface area (TPSA) is 54.9 Å². The number of nitrogens with zero attached hydrogens (tertiary/aromatic N) is 2. The van der Waals surface area contributed by atoms with E-state index in [1.165, 1.54) is 28.6 Å². The third-order valence-electron chi connectivity index (χ3n) is 4.60. The van der Waals surface area contributed by atoms with Crippen molar-refractivity contribution in [2.24, 2.45) is 5.92 Å². The minimum Gasteiger partial charge on any atom is -0.325 e. The van der Waals surface area contributed by atoms with E-state index in [-0.39, 0.29) is 11.7 Å². The molecule has 140 valence electrons. The first-order valence-corrected chi connectivity index (χ1v) is 11.2. The molecule has 4 rings (SSSR count). The third-order valence-corrected chi connectivity index (χ3v) is 7.49. The molecule has 1 aliphatic rings. The fourth-order valence-electron chi connectivity index (χ4n) is 3.26. The van der Waals surface area contributed by atoms with Crippen molar-refractivity contribution in [1.82, 2.24) is 9.97 Å². The number of halogens is 2. The zero-order chi connectivity index (χ0) is 19.0. The number of amides is 1. The molecule has 0 fully saturated rings. The van der Waals surface area contributed by atoms with Crippen LogP contribution < -0.4 is 5.32 Å². The summed E-state index contributed by atoms with van der Waals surface area (Å²) in [5.74, 6) is 0.877. The first-order valence-electron chi connectivity index (χ1n) is 8.64. The van der Waals surface area contributed by atoms with Gasteiger partial charge in [-0.3, -0.25) is 4.79 Å². The Morgan fingerprint density at radius 3 is 3.00 bits per heavy atom. The molecule has 3 aromatic rings. The predicted molar refractivity (Wildman–Crippen MR) is 114 cm³/mol. The molecule has 1 aliphatic carbocycles. The first-order chi connectivity index (χ1) is 13.0. The zero-order valence-corrected chi connectivity index (χ0v) is 17.7. The summed E-state index contributed by atoms with van der Waals surface area (Å²) in [6.45, 7) is 2.29. The van der Waals surface area contributed by atoms with Gasteiger partial charge in [0.1, 0.15) is 16.2 Å². The van der Waals surface area contributed by atoms with Crippen molar-refractivity contribution in [3.05, 3.63) is 45.0 Å². The minimum atomic E-state index is -0.108. The van der Waals surface area contributed by atoms with Crippen LogP contribution in [0.15, 0.2) is 29.6 Å². The molecular formula is C19H17Cl2N3OS2. The third kappa shape index (κ3) is 4.09. The van der Waals surface area contributed by atoms with Gasteiger partial charge in [0.15, 0.2) is 0 Å². The van der Waals surface area contributed by atoms with E-state index in [9.17, 15) is 4.79 Å². The molecule has 0 aliphatic heterocycles. The second-order valence-corrected chi connectivity index (χ2v) is 9.54. The van der Waals surface area contributed by atoms with Crippen molar-refractivity contribution in [2.45, 2.75) is 31.2 Å². The van der Waals surface area contributed by atoms with Crippen LogP contribution in [-0.2, 0) is 17.6 Å². The molecule has 1 aromatic carbocycles. The molecular weight excluding hydrogens is 421 g/mol. The van der Waals surface area contributed by atoms with Crippen LogP contribution in [0.5, 0.6) is 0 Å². The van der Waals surface area contributed by atoms with Crippen molar-refractivity contribution >= 4 is 68.1 Å². The van der Waals surface area contributed by atoms with Crippen molar-refractivity contribution in [3.8, 4) is 0 Å². The molecule has 27 heavy (non-hydrogen) atoms. The number of nitrogens with one attached hydrogen (secondary N) is 1. The molecule has 0 bridgehead atoms. The van der Waals surface area contributed by atoms with E-state index < -0.39 is 0 Å². The van der Waals surface area contributed by atoms with Crippen molar-refractivity contribution in [3.63, 3.8) is 0 Å². The number of rotatable bonds is 4. The minimum absolute atomic E-state index is 0.108. The number of carbonyl (C=O) groups is 1. The lowest BCUT2D eigenvalue weighted by molar-refractivity contribution is -0.113. The monoisotopic (exact) mass is 437 g/mol.